The molecule has 0 fully saturated rings. The van der Waals surface area contributed by atoms with Crippen LogP contribution < -0.4 is 10.1 Å². The number of para-hydroxylation sites is 1. The lowest BCUT2D eigenvalue weighted by molar-refractivity contribution is 0.102. The van der Waals surface area contributed by atoms with Crippen molar-refractivity contribution in [2.24, 2.45) is 0 Å². The molecule has 28 heavy (non-hydrogen) atoms. The van der Waals surface area contributed by atoms with E-state index in [9.17, 15) is 4.79 Å². The number of nitrogens with zero attached hydrogens (tertiary/aromatic N) is 3. The van der Waals surface area contributed by atoms with Crippen molar-refractivity contribution in [2.45, 2.75) is 20.4 Å². The van der Waals surface area contributed by atoms with Crippen molar-refractivity contribution in [3.8, 4) is 5.75 Å². The number of hydrogen-bond acceptors (Lipinski definition) is 5. The zero-order valence-corrected chi connectivity index (χ0v) is 16.7. The van der Waals surface area contributed by atoms with Gasteiger partial charge in [-0.25, -0.2) is 4.98 Å². The average Bonchev–Trinajstić information content (AvgIpc) is 3.23. The summed E-state index contributed by atoms with van der Waals surface area (Å²) in [6.07, 6.45) is 0. The third-order valence-electron chi connectivity index (χ3n) is 4.45. The summed E-state index contributed by atoms with van der Waals surface area (Å²) >= 11 is 1.42. The predicted molar refractivity (Wildman–Crippen MR) is 111 cm³/mol. The average molecular weight is 392 g/mol. The Bertz CT molecular complexity index is 1160. The maximum absolute atomic E-state index is 12.7. The Morgan fingerprint density at radius 3 is 2.75 bits per heavy atom. The van der Waals surface area contributed by atoms with E-state index in [1.54, 1.807) is 13.2 Å². The Balaban J connectivity index is 1.54. The van der Waals surface area contributed by atoms with E-state index in [0.717, 1.165) is 27.2 Å². The van der Waals surface area contributed by atoms with Gasteiger partial charge in [0, 0.05) is 11.3 Å². The molecule has 2 aromatic heterocycles. The van der Waals surface area contributed by atoms with Crippen LogP contribution in [-0.4, -0.2) is 27.8 Å². The van der Waals surface area contributed by atoms with Crippen molar-refractivity contribution in [3.05, 3.63) is 71.0 Å². The molecule has 142 valence electrons. The van der Waals surface area contributed by atoms with E-state index >= 15 is 0 Å². The minimum atomic E-state index is -0.187. The van der Waals surface area contributed by atoms with Gasteiger partial charge >= 0.3 is 0 Å². The van der Waals surface area contributed by atoms with Gasteiger partial charge < -0.3 is 4.74 Å². The molecular formula is C21H20N4O2S. The van der Waals surface area contributed by atoms with Crippen molar-refractivity contribution < 1.29 is 9.53 Å². The summed E-state index contributed by atoms with van der Waals surface area (Å²) in [5, 5.41) is 7.93. The van der Waals surface area contributed by atoms with Gasteiger partial charge in [0.05, 0.1) is 24.0 Å². The van der Waals surface area contributed by atoms with Crippen LogP contribution >= 0.6 is 11.3 Å². The van der Waals surface area contributed by atoms with Gasteiger partial charge in [-0.1, -0.05) is 29.5 Å². The summed E-state index contributed by atoms with van der Waals surface area (Å²) in [6, 6.07) is 15.3. The third-order valence-corrected chi connectivity index (χ3v) is 5.38. The lowest BCUT2D eigenvalue weighted by atomic mass is 10.1. The van der Waals surface area contributed by atoms with E-state index in [-0.39, 0.29) is 5.91 Å². The summed E-state index contributed by atoms with van der Waals surface area (Å²) in [6.45, 7) is 4.62. The van der Waals surface area contributed by atoms with Gasteiger partial charge in [-0.15, -0.1) is 0 Å². The molecule has 4 rings (SSSR count). The standard InChI is InChI=1S/C21H20N4O2S/c1-13-10-14(2)25(24-13)12-15-6-4-7-16(11-15)20(26)23-21-22-19-17(27-3)8-5-9-18(19)28-21/h4-11H,12H2,1-3H3,(H,22,23,26). The summed E-state index contributed by atoms with van der Waals surface area (Å²) in [7, 11) is 1.61. The Hall–Kier alpha value is -3.19. The number of nitrogens with one attached hydrogen (secondary N) is 1. The molecule has 0 saturated carbocycles. The molecule has 0 bridgehead atoms. The van der Waals surface area contributed by atoms with E-state index in [4.69, 9.17) is 4.74 Å². The van der Waals surface area contributed by atoms with Crippen molar-refractivity contribution >= 4 is 32.6 Å². The number of carbonyl (C=O) groups excluding carboxylic acids is 1. The number of aryl methyl sites for hydroxylation is 2. The molecule has 6 nitrogen and oxygen atoms in total. The molecule has 0 aliphatic carbocycles. The smallest absolute Gasteiger partial charge is 0.257 e. The Morgan fingerprint density at radius 1 is 1.18 bits per heavy atom. The van der Waals surface area contributed by atoms with Gasteiger partial charge in [0.2, 0.25) is 0 Å². The second kappa shape index (κ2) is 7.44. The number of fused-ring (bicyclic) bond motifs is 1. The molecule has 2 aromatic carbocycles. The minimum absolute atomic E-state index is 0.187. The van der Waals surface area contributed by atoms with Crippen LogP contribution in [0.5, 0.6) is 5.75 Å². The van der Waals surface area contributed by atoms with Gasteiger partial charge in [-0.2, -0.15) is 5.10 Å². The molecule has 0 unspecified atom stereocenters. The fourth-order valence-electron chi connectivity index (χ4n) is 3.13. The molecule has 0 radical (unpaired) electrons. The highest BCUT2D eigenvalue weighted by atomic mass is 32.1. The molecule has 7 heteroatoms. The normalized spacial score (nSPS) is 11.0. The van der Waals surface area contributed by atoms with Gasteiger partial charge in [-0.05, 0) is 49.7 Å². The number of methoxy groups -OCH3 is 1. The lowest BCUT2D eigenvalue weighted by Crippen LogP contribution is -2.12. The number of hydrogen-bond donors (Lipinski definition) is 1. The highest BCUT2D eigenvalue weighted by molar-refractivity contribution is 7.22. The maximum atomic E-state index is 12.7. The van der Waals surface area contributed by atoms with Crippen LogP contribution in [0.2, 0.25) is 0 Å². The number of amides is 1. The quantitative estimate of drug-likeness (QED) is 0.546. The van der Waals surface area contributed by atoms with Crippen LogP contribution in [0.15, 0.2) is 48.5 Å². The molecule has 0 saturated heterocycles. The first kappa shape index (κ1) is 18.2. The third kappa shape index (κ3) is 3.61. The van der Waals surface area contributed by atoms with Crippen molar-refractivity contribution in [2.75, 3.05) is 12.4 Å². The Morgan fingerprint density at radius 2 is 2.00 bits per heavy atom. The first-order valence-corrected chi connectivity index (χ1v) is 9.70. The first-order valence-electron chi connectivity index (χ1n) is 8.88. The van der Waals surface area contributed by atoms with Crippen LogP contribution in [-0.2, 0) is 6.54 Å². The summed E-state index contributed by atoms with van der Waals surface area (Å²) in [5.41, 5.74) is 4.44. The van der Waals surface area contributed by atoms with Crippen LogP contribution in [0.3, 0.4) is 0 Å². The number of rotatable bonds is 5. The Kier molecular flexibility index (Phi) is 4.83. The topological polar surface area (TPSA) is 69.0 Å². The number of thiazole rings is 1. The fraction of sp³-hybridized carbons (Fsp3) is 0.190. The van der Waals surface area contributed by atoms with E-state index in [0.29, 0.717) is 23.0 Å². The molecule has 0 spiro atoms. The largest absolute Gasteiger partial charge is 0.494 e. The first-order chi connectivity index (χ1) is 13.5. The van der Waals surface area contributed by atoms with Crippen LogP contribution in [0.25, 0.3) is 10.2 Å². The molecule has 1 N–H and O–H groups in total. The van der Waals surface area contributed by atoms with E-state index < -0.39 is 0 Å². The predicted octanol–water partition coefficient (Wildman–Crippen LogP) is 4.42. The second-order valence-corrected chi connectivity index (χ2v) is 7.60. The van der Waals surface area contributed by atoms with Crippen LogP contribution in [0.1, 0.15) is 27.3 Å². The summed E-state index contributed by atoms with van der Waals surface area (Å²) < 4.78 is 8.24. The molecule has 4 aromatic rings. The highest BCUT2D eigenvalue weighted by Gasteiger charge is 2.13. The lowest BCUT2D eigenvalue weighted by Gasteiger charge is -2.07. The molecular weight excluding hydrogens is 372 g/mol. The van der Waals surface area contributed by atoms with Crippen molar-refractivity contribution in [3.63, 3.8) is 0 Å². The molecule has 0 atom stereocenters. The zero-order valence-electron chi connectivity index (χ0n) is 15.9. The van der Waals surface area contributed by atoms with Crippen molar-refractivity contribution in [1.29, 1.82) is 0 Å². The van der Waals surface area contributed by atoms with Gasteiger partial charge in [0.1, 0.15) is 11.3 Å². The number of carbonyl (C=O) groups is 1. The molecule has 0 aliphatic heterocycles. The fourth-order valence-corrected chi connectivity index (χ4v) is 4.01. The number of benzene rings is 2. The zero-order chi connectivity index (χ0) is 19.7. The van der Waals surface area contributed by atoms with Gasteiger partial charge in [0.25, 0.3) is 5.91 Å². The number of aromatic nitrogens is 3. The van der Waals surface area contributed by atoms with Gasteiger partial charge in [-0.3, -0.25) is 14.8 Å². The van der Waals surface area contributed by atoms with Crippen LogP contribution in [0, 0.1) is 13.8 Å². The minimum Gasteiger partial charge on any atom is -0.494 e. The van der Waals surface area contributed by atoms with E-state index in [2.05, 4.69) is 15.4 Å². The number of anilines is 1. The van der Waals surface area contributed by atoms with Crippen LogP contribution in [0.4, 0.5) is 5.13 Å². The summed E-state index contributed by atoms with van der Waals surface area (Å²) in [4.78, 5) is 17.2. The maximum Gasteiger partial charge on any atom is 0.257 e. The van der Waals surface area contributed by atoms with Gasteiger partial charge in [0.15, 0.2) is 5.13 Å². The number of ether oxygens (including phenoxy) is 1. The monoisotopic (exact) mass is 392 g/mol. The van der Waals surface area contributed by atoms with Crippen molar-refractivity contribution in [1.82, 2.24) is 14.8 Å². The molecule has 1 amide bonds. The second-order valence-electron chi connectivity index (χ2n) is 6.57. The van der Waals surface area contributed by atoms with E-state index in [1.165, 1.54) is 11.3 Å². The summed E-state index contributed by atoms with van der Waals surface area (Å²) in [5.74, 6) is 0.509. The highest BCUT2D eigenvalue weighted by Crippen LogP contribution is 2.32. The molecule has 2 heterocycles. The van der Waals surface area contributed by atoms with E-state index in [1.807, 2.05) is 61.0 Å². The molecule has 0 aliphatic rings. The Labute approximate surface area is 166 Å². The SMILES string of the molecule is COc1cccc2sc(NC(=O)c3cccc(Cn4nc(C)cc4C)c3)nc12.